The van der Waals surface area contributed by atoms with Crippen LogP contribution in [0.5, 0.6) is 0 Å². The number of amides is 1. The number of carbonyl (C=O) groups is 1. The van der Waals surface area contributed by atoms with Crippen molar-refractivity contribution in [1.29, 1.82) is 0 Å². The smallest absolute Gasteiger partial charge is 0.292 e. The molecule has 3 heterocycles. The molecule has 6 nitrogen and oxygen atoms in total. The maximum absolute atomic E-state index is 12.6. The van der Waals surface area contributed by atoms with Gasteiger partial charge in [-0.05, 0) is 37.8 Å². The molecule has 2 aromatic rings. The van der Waals surface area contributed by atoms with Crippen LogP contribution in [0, 0.1) is 0 Å². The van der Waals surface area contributed by atoms with Gasteiger partial charge in [0.1, 0.15) is 0 Å². The molecule has 2 aliphatic rings. The summed E-state index contributed by atoms with van der Waals surface area (Å²) in [6.45, 7) is 4.11. The van der Waals surface area contributed by atoms with E-state index in [-0.39, 0.29) is 12.0 Å². The van der Waals surface area contributed by atoms with E-state index in [4.69, 9.17) is 4.52 Å². The van der Waals surface area contributed by atoms with Crippen LogP contribution in [0.15, 0.2) is 40.9 Å². The van der Waals surface area contributed by atoms with E-state index in [9.17, 15) is 9.90 Å². The van der Waals surface area contributed by atoms with Crippen molar-refractivity contribution in [1.82, 2.24) is 15.0 Å². The molecular weight excluding hydrogens is 342 g/mol. The molecule has 2 aliphatic heterocycles. The Morgan fingerprint density at radius 3 is 2.70 bits per heavy atom. The number of rotatable bonds is 4. The average molecular weight is 369 g/mol. The normalized spacial score (nSPS) is 22.1. The molecule has 0 spiro atoms. The first-order valence-corrected chi connectivity index (χ1v) is 9.89. The summed E-state index contributed by atoms with van der Waals surface area (Å²) in [7, 11) is 0. The number of hydrogen-bond donors (Lipinski definition) is 1. The molecule has 4 rings (SSSR count). The molecule has 1 N–H and O–H groups in total. The van der Waals surface area contributed by atoms with E-state index in [1.54, 1.807) is 4.90 Å². The molecule has 0 saturated carbocycles. The fourth-order valence-electron chi connectivity index (χ4n) is 4.09. The molecular formula is C21H27N3O3. The number of benzene rings is 1. The molecule has 144 valence electrons. The van der Waals surface area contributed by atoms with Crippen molar-refractivity contribution in [2.24, 2.45) is 0 Å². The topological polar surface area (TPSA) is 69.8 Å². The van der Waals surface area contributed by atoms with Crippen LogP contribution in [0.25, 0.3) is 0 Å². The number of aliphatic hydroxyl groups is 1. The number of hydrogen-bond acceptors (Lipinski definition) is 5. The number of aliphatic hydroxyl groups excluding tert-OH is 1. The van der Waals surface area contributed by atoms with E-state index >= 15 is 0 Å². The van der Waals surface area contributed by atoms with Crippen LogP contribution in [0.3, 0.4) is 0 Å². The van der Waals surface area contributed by atoms with Crippen molar-refractivity contribution in [2.75, 3.05) is 26.2 Å². The second kappa shape index (κ2) is 8.23. The second-order valence-corrected chi connectivity index (χ2v) is 7.70. The molecule has 0 unspecified atom stereocenters. The van der Waals surface area contributed by atoms with Crippen LogP contribution in [-0.4, -0.2) is 58.3 Å². The Labute approximate surface area is 159 Å². The summed E-state index contributed by atoms with van der Waals surface area (Å²) in [5.41, 5.74) is 2.20. The van der Waals surface area contributed by atoms with Gasteiger partial charge in [0, 0.05) is 38.2 Å². The average Bonchev–Trinajstić information content (AvgIpc) is 3.19. The number of nitrogens with zero attached hydrogens (tertiary/aromatic N) is 3. The molecule has 1 aromatic heterocycles. The lowest BCUT2D eigenvalue weighted by molar-refractivity contribution is 0.0512. The third-order valence-electron chi connectivity index (χ3n) is 5.66. The quantitative estimate of drug-likeness (QED) is 0.897. The molecule has 1 amide bonds. The summed E-state index contributed by atoms with van der Waals surface area (Å²) >= 11 is 0. The first-order valence-electron chi connectivity index (χ1n) is 9.89. The van der Waals surface area contributed by atoms with Gasteiger partial charge in [-0.1, -0.05) is 35.5 Å². The fourth-order valence-corrected chi connectivity index (χ4v) is 4.09. The molecule has 2 saturated heterocycles. The van der Waals surface area contributed by atoms with E-state index in [0.717, 1.165) is 38.2 Å². The highest BCUT2D eigenvalue weighted by Crippen LogP contribution is 2.28. The Kier molecular flexibility index (Phi) is 5.55. The van der Waals surface area contributed by atoms with Crippen LogP contribution >= 0.6 is 0 Å². The highest BCUT2D eigenvalue weighted by Gasteiger charge is 2.28. The van der Waals surface area contributed by atoms with E-state index in [0.29, 0.717) is 37.6 Å². The Morgan fingerprint density at radius 1 is 1.15 bits per heavy atom. The van der Waals surface area contributed by atoms with Gasteiger partial charge in [-0.15, -0.1) is 0 Å². The lowest BCUT2D eigenvalue weighted by atomic mass is 9.94. The maximum atomic E-state index is 12.6. The van der Waals surface area contributed by atoms with Gasteiger partial charge in [0.2, 0.25) is 5.76 Å². The van der Waals surface area contributed by atoms with E-state index < -0.39 is 0 Å². The minimum absolute atomic E-state index is 0.113. The molecule has 1 atom stereocenters. The second-order valence-electron chi connectivity index (χ2n) is 7.70. The van der Waals surface area contributed by atoms with Crippen LogP contribution in [0.1, 0.15) is 53.4 Å². The SMILES string of the molecule is O=C(c1cc([C@@H]2CCCN(Cc3ccccc3)C2)no1)N1CCC(O)CC1. The summed E-state index contributed by atoms with van der Waals surface area (Å²) in [6, 6.07) is 12.3. The van der Waals surface area contributed by atoms with Gasteiger partial charge in [-0.2, -0.15) is 0 Å². The van der Waals surface area contributed by atoms with Crippen molar-refractivity contribution in [2.45, 2.75) is 44.2 Å². The minimum Gasteiger partial charge on any atom is -0.393 e. The molecule has 2 fully saturated rings. The monoisotopic (exact) mass is 369 g/mol. The van der Waals surface area contributed by atoms with Crippen LogP contribution in [0.4, 0.5) is 0 Å². The zero-order chi connectivity index (χ0) is 18.6. The van der Waals surface area contributed by atoms with Crippen molar-refractivity contribution in [3.05, 3.63) is 53.4 Å². The van der Waals surface area contributed by atoms with Gasteiger partial charge in [0.05, 0.1) is 11.8 Å². The number of aromatic nitrogens is 1. The van der Waals surface area contributed by atoms with Gasteiger partial charge in [-0.25, -0.2) is 0 Å². The van der Waals surface area contributed by atoms with Crippen molar-refractivity contribution in [3.8, 4) is 0 Å². The summed E-state index contributed by atoms with van der Waals surface area (Å²) in [5.74, 6) is 0.509. The van der Waals surface area contributed by atoms with Crippen molar-refractivity contribution in [3.63, 3.8) is 0 Å². The van der Waals surface area contributed by atoms with Crippen molar-refractivity contribution >= 4 is 5.91 Å². The molecule has 0 aliphatic carbocycles. The van der Waals surface area contributed by atoms with Gasteiger partial charge >= 0.3 is 0 Å². The predicted octanol–water partition coefficient (Wildman–Crippen LogP) is 2.65. The van der Waals surface area contributed by atoms with Crippen molar-refractivity contribution < 1.29 is 14.4 Å². The zero-order valence-electron chi connectivity index (χ0n) is 15.6. The Morgan fingerprint density at radius 2 is 1.93 bits per heavy atom. The lowest BCUT2D eigenvalue weighted by Gasteiger charge is -2.31. The van der Waals surface area contributed by atoms with Gasteiger partial charge in [0.25, 0.3) is 5.91 Å². The number of likely N-dealkylation sites (tertiary alicyclic amines) is 2. The van der Waals surface area contributed by atoms with Gasteiger partial charge in [-0.3, -0.25) is 9.69 Å². The molecule has 27 heavy (non-hydrogen) atoms. The third kappa shape index (κ3) is 4.39. The maximum Gasteiger partial charge on any atom is 0.292 e. The summed E-state index contributed by atoms with van der Waals surface area (Å²) in [5, 5.41) is 13.8. The molecule has 0 radical (unpaired) electrons. The van der Waals surface area contributed by atoms with E-state index in [1.807, 2.05) is 12.1 Å². The highest BCUT2D eigenvalue weighted by atomic mass is 16.5. The van der Waals surface area contributed by atoms with Crippen LogP contribution < -0.4 is 0 Å². The molecule has 1 aromatic carbocycles. The fraction of sp³-hybridized carbons (Fsp3) is 0.524. The number of piperidine rings is 2. The zero-order valence-corrected chi connectivity index (χ0v) is 15.6. The van der Waals surface area contributed by atoms with Gasteiger partial charge < -0.3 is 14.5 Å². The van der Waals surface area contributed by atoms with Gasteiger partial charge in [0.15, 0.2) is 0 Å². The molecule has 0 bridgehead atoms. The predicted molar refractivity (Wildman–Crippen MR) is 101 cm³/mol. The minimum atomic E-state index is -0.294. The summed E-state index contributed by atoms with van der Waals surface area (Å²) in [6.07, 6.45) is 3.16. The summed E-state index contributed by atoms with van der Waals surface area (Å²) in [4.78, 5) is 16.8. The standard InChI is InChI=1S/C21H27N3O3/c25-18-8-11-24(12-9-18)21(26)20-13-19(22-27-20)17-7-4-10-23(15-17)14-16-5-2-1-3-6-16/h1-3,5-6,13,17-18,25H,4,7-12,14-15H2/t17-/m1/s1. The third-order valence-corrected chi connectivity index (χ3v) is 5.66. The first kappa shape index (κ1) is 18.2. The Hall–Kier alpha value is -2.18. The summed E-state index contributed by atoms with van der Waals surface area (Å²) < 4.78 is 5.39. The molecule has 6 heteroatoms. The lowest BCUT2D eigenvalue weighted by Crippen LogP contribution is -2.39. The Bertz CT molecular complexity index is 753. The van der Waals surface area contributed by atoms with E-state index in [1.165, 1.54) is 5.56 Å². The van der Waals surface area contributed by atoms with Crippen LogP contribution in [-0.2, 0) is 6.54 Å². The van der Waals surface area contributed by atoms with E-state index in [2.05, 4.69) is 34.3 Å². The van der Waals surface area contributed by atoms with Crippen LogP contribution in [0.2, 0.25) is 0 Å². The number of carbonyl (C=O) groups excluding carboxylic acids is 1. The largest absolute Gasteiger partial charge is 0.393 e. The highest BCUT2D eigenvalue weighted by molar-refractivity contribution is 5.91. The Balaban J connectivity index is 1.38. The first-order chi connectivity index (χ1) is 13.2.